The number of anilines is 1. The van der Waals surface area contributed by atoms with Crippen LogP contribution in [0.1, 0.15) is 32.6 Å². The molecule has 2 amide bonds. The van der Waals surface area contributed by atoms with Crippen molar-refractivity contribution in [3.63, 3.8) is 0 Å². The van der Waals surface area contributed by atoms with Gasteiger partial charge in [-0.15, -0.1) is 0 Å². The Labute approximate surface area is 202 Å². The Morgan fingerprint density at radius 1 is 0.939 bits per heavy atom. The summed E-state index contributed by atoms with van der Waals surface area (Å²) < 4.78 is 5.53. The van der Waals surface area contributed by atoms with Gasteiger partial charge in [0.1, 0.15) is 0 Å². The van der Waals surface area contributed by atoms with E-state index in [4.69, 9.17) is 27.9 Å². The lowest BCUT2D eigenvalue weighted by Gasteiger charge is -2.12. The topological polar surface area (TPSA) is 79.8 Å². The summed E-state index contributed by atoms with van der Waals surface area (Å²) in [5, 5.41) is 7.14. The summed E-state index contributed by atoms with van der Waals surface area (Å²) in [4.78, 5) is 24.3. The fourth-order valence-corrected chi connectivity index (χ4v) is 3.49. The summed E-state index contributed by atoms with van der Waals surface area (Å²) in [7, 11) is 0. The van der Waals surface area contributed by atoms with Crippen LogP contribution in [0.5, 0.6) is 5.75 Å². The average molecular weight is 484 g/mol. The first-order valence-electron chi connectivity index (χ1n) is 10.1. The van der Waals surface area contributed by atoms with Gasteiger partial charge >= 0.3 is 0 Å². The number of hydrogen-bond donors (Lipinski definition) is 2. The molecule has 0 aliphatic heterocycles. The Kier molecular flexibility index (Phi) is 8.09. The minimum atomic E-state index is -0.338. The molecular weight excluding hydrogens is 461 g/mol. The van der Waals surface area contributed by atoms with Crippen LogP contribution in [-0.2, 0) is 4.79 Å². The van der Waals surface area contributed by atoms with E-state index in [0.29, 0.717) is 16.8 Å². The lowest BCUT2D eigenvalue weighted by Crippen LogP contribution is -2.20. The Hall–Kier alpha value is -3.35. The van der Waals surface area contributed by atoms with E-state index in [1.54, 1.807) is 24.3 Å². The number of carbonyl (C=O) groups excluding carboxylic acids is 2. The third-order valence-corrected chi connectivity index (χ3v) is 5.41. The molecule has 0 aliphatic carbocycles. The highest BCUT2D eigenvalue weighted by Crippen LogP contribution is 2.33. The van der Waals surface area contributed by atoms with Crippen molar-refractivity contribution >= 4 is 46.9 Å². The number of aryl methyl sites for hydroxylation is 3. The second-order valence-corrected chi connectivity index (χ2v) is 8.33. The van der Waals surface area contributed by atoms with Gasteiger partial charge in [-0.1, -0.05) is 47.0 Å². The monoisotopic (exact) mass is 483 g/mol. The molecule has 3 aromatic rings. The highest BCUT2D eigenvalue weighted by molar-refractivity contribution is 6.37. The number of nitrogens with zero attached hydrogens (tertiary/aromatic N) is 1. The van der Waals surface area contributed by atoms with Crippen LogP contribution in [-0.4, -0.2) is 24.6 Å². The second-order valence-electron chi connectivity index (χ2n) is 7.51. The molecule has 0 aliphatic rings. The summed E-state index contributed by atoms with van der Waals surface area (Å²) in [6, 6.07) is 15.9. The van der Waals surface area contributed by atoms with Gasteiger partial charge < -0.3 is 10.1 Å². The van der Waals surface area contributed by atoms with Gasteiger partial charge in [0.05, 0.1) is 16.3 Å². The van der Waals surface area contributed by atoms with Gasteiger partial charge in [-0.25, -0.2) is 5.43 Å². The van der Waals surface area contributed by atoms with Gasteiger partial charge in [-0.3, -0.25) is 9.59 Å². The van der Waals surface area contributed by atoms with Gasteiger partial charge in [0.2, 0.25) is 0 Å². The standard InChI is InChI=1S/C25H23Cl2N3O3/c1-15-4-7-19(8-5-15)25(32)30-28-13-18-11-21(26)24(22(27)12-18)33-14-23(31)29-20-9-6-16(2)17(3)10-20/h4-13H,14H2,1-3H3,(H,29,31)(H,30,32)/b28-13+. The van der Waals surface area contributed by atoms with Crippen molar-refractivity contribution in [2.24, 2.45) is 5.10 Å². The molecule has 0 spiro atoms. The molecule has 0 saturated carbocycles. The quantitative estimate of drug-likeness (QED) is 0.334. The number of halogens is 2. The average Bonchev–Trinajstić information content (AvgIpc) is 2.76. The molecule has 0 aromatic heterocycles. The van der Waals surface area contributed by atoms with Crippen LogP contribution in [0.15, 0.2) is 59.7 Å². The maximum Gasteiger partial charge on any atom is 0.271 e. The zero-order valence-electron chi connectivity index (χ0n) is 18.4. The molecular formula is C25H23Cl2N3O3. The number of hydrazone groups is 1. The number of nitrogens with one attached hydrogen (secondary N) is 2. The summed E-state index contributed by atoms with van der Waals surface area (Å²) in [6.45, 7) is 5.66. The van der Waals surface area contributed by atoms with Crippen molar-refractivity contribution in [2.45, 2.75) is 20.8 Å². The van der Waals surface area contributed by atoms with Crippen LogP contribution < -0.4 is 15.5 Å². The highest BCUT2D eigenvalue weighted by Gasteiger charge is 2.12. The van der Waals surface area contributed by atoms with Crippen LogP contribution in [0.25, 0.3) is 0 Å². The van der Waals surface area contributed by atoms with Gasteiger partial charge in [0.15, 0.2) is 12.4 Å². The number of amides is 2. The molecule has 2 N–H and O–H groups in total. The first-order valence-corrected chi connectivity index (χ1v) is 10.9. The van der Waals surface area contributed by atoms with E-state index in [9.17, 15) is 9.59 Å². The molecule has 0 fully saturated rings. The molecule has 33 heavy (non-hydrogen) atoms. The molecule has 6 nitrogen and oxygen atoms in total. The number of ether oxygens (including phenoxy) is 1. The van der Waals surface area contributed by atoms with E-state index >= 15 is 0 Å². The van der Waals surface area contributed by atoms with Crippen molar-refractivity contribution in [1.29, 1.82) is 0 Å². The van der Waals surface area contributed by atoms with E-state index in [1.165, 1.54) is 6.21 Å². The summed E-state index contributed by atoms with van der Waals surface area (Å²) in [5.41, 5.74) is 7.46. The minimum Gasteiger partial charge on any atom is -0.481 e. The zero-order chi connectivity index (χ0) is 24.0. The van der Waals surface area contributed by atoms with Crippen LogP contribution in [0.4, 0.5) is 5.69 Å². The molecule has 3 aromatic carbocycles. The van der Waals surface area contributed by atoms with E-state index in [0.717, 1.165) is 16.7 Å². The van der Waals surface area contributed by atoms with Crippen molar-refractivity contribution in [1.82, 2.24) is 5.43 Å². The van der Waals surface area contributed by atoms with Crippen LogP contribution in [0.3, 0.4) is 0 Å². The number of hydrogen-bond acceptors (Lipinski definition) is 4. The fourth-order valence-electron chi connectivity index (χ4n) is 2.88. The van der Waals surface area contributed by atoms with Crippen LogP contribution >= 0.6 is 23.2 Å². The second kappa shape index (κ2) is 11.0. The van der Waals surface area contributed by atoms with Crippen LogP contribution in [0, 0.1) is 20.8 Å². The summed E-state index contributed by atoms with van der Waals surface area (Å²) in [5.74, 6) is -0.484. The van der Waals surface area contributed by atoms with Crippen molar-refractivity contribution < 1.29 is 14.3 Å². The molecule has 0 radical (unpaired) electrons. The first kappa shape index (κ1) is 24.3. The third-order valence-electron chi connectivity index (χ3n) is 4.85. The molecule has 0 atom stereocenters. The lowest BCUT2D eigenvalue weighted by molar-refractivity contribution is -0.118. The molecule has 170 valence electrons. The SMILES string of the molecule is Cc1ccc(C(=O)N/N=C/c2cc(Cl)c(OCC(=O)Nc3ccc(C)c(C)c3)c(Cl)c2)cc1. The highest BCUT2D eigenvalue weighted by atomic mass is 35.5. The maximum atomic E-state index is 12.2. The summed E-state index contributed by atoms with van der Waals surface area (Å²) >= 11 is 12.6. The fraction of sp³-hybridized carbons (Fsp3) is 0.160. The zero-order valence-corrected chi connectivity index (χ0v) is 19.9. The molecule has 0 unspecified atom stereocenters. The molecule has 8 heteroatoms. The molecule has 0 bridgehead atoms. The summed E-state index contributed by atoms with van der Waals surface area (Å²) in [6.07, 6.45) is 1.42. The normalized spacial score (nSPS) is 10.8. The van der Waals surface area contributed by atoms with E-state index in [-0.39, 0.29) is 34.2 Å². The van der Waals surface area contributed by atoms with Crippen molar-refractivity contribution in [3.05, 3.63) is 92.5 Å². The third kappa shape index (κ3) is 6.81. The smallest absolute Gasteiger partial charge is 0.271 e. The van der Waals surface area contributed by atoms with Crippen LogP contribution in [0.2, 0.25) is 10.0 Å². The molecule has 3 rings (SSSR count). The largest absolute Gasteiger partial charge is 0.481 e. The van der Waals surface area contributed by atoms with Crippen molar-refractivity contribution in [3.8, 4) is 5.75 Å². The molecule has 0 heterocycles. The van der Waals surface area contributed by atoms with Gasteiger partial charge in [-0.2, -0.15) is 5.10 Å². The van der Waals surface area contributed by atoms with Crippen molar-refractivity contribution in [2.75, 3.05) is 11.9 Å². The van der Waals surface area contributed by atoms with Gasteiger partial charge in [-0.05, 0) is 73.9 Å². The Balaban J connectivity index is 1.58. The predicted octanol–water partition coefficient (Wildman–Crippen LogP) is 5.70. The Morgan fingerprint density at radius 2 is 1.61 bits per heavy atom. The first-order chi connectivity index (χ1) is 15.7. The maximum absolute atomic E-state index is 12.2. The van der Waals surface area contributed by atoms with Gasteiger partial charge in [0, 0.05) is 11.3 Å². The Morgan fingerprint density at radius 3 is 2.24 bits per heavy atom. The Bertz CT molecular complexity index is 1190. The van der Waals surface area contributed by atoms with E-state index in [1.807, 2.05) is 51.1 Å². The minimum absolute atomic E-state index is 0.189. The van der Waals surface area contributed by atoms with E-state index in [2.05, 4.69) is 15.8 Å². The van der Waals surface area contributed by atoms with Gasteiger partial charge in [0.25, 0.3) is 11.8 Å². The number of benzene rings is 3. The lowest BCUT2D eigenvalue weighted by atomic mass is 10.1. The predicted molar refractivity (Wildman–Crippen MR) is 133 cm³/mol. The number of rotatable bonds is 7. The van der Waals surface area contributed by atoms with E-state index < -0.39 is 0 Å². The molecule has 0 saturated heterocycles. The number of carbonyl (C=O) groups is 2.